The number of aromatic amines is 1. The average Bonchev–Trinajstić information content (AvgIpc) is 2.93. The van der Waals surface area contributed by atoms with E-state index >= 15 is 0 Å². The normalized spacial score (nSPS) is 19.1. The molecule has 20 heavy (non-hydrogen) atoms. The van der Waals surface area contributed by atoms with Crippen LogP contribution in [0.15, 0.2) is 23.2 Å². The Balaban J connectivity index is 2.31. The van der Waals surface area contributed by atoms with Crippen LogP contribution < -0.4 is 0 Å². The minimum atomic E-state index is -1.04. The first-order chi connectivity index (χ1) is 9.41. The van der Waals surface area contributed by atoms with E-state index < -0.39 is 12.0 Å². The van der Waals surface area contributed by atoms with Crippen molar-refractivity contribution in [2.75, 3.05) is 0 Å². The number of rotatable bonds is 4. The molecule has 1 fully saturated rings. The minimum Gasteiger partial charge on any atom is -0.480 e. The van der Waals surface area contributed by atoms with E-state index in [2.05, 4.69) is 4.98 Å². The summed E-state index contributed by atoms with van der Waals surface area (Å²) in [6.45, 7) is 3.51. The van der Waals surface area contributed by atoms with Crippen molar-refractivity contribution in [3.8, 4) is 0 Å². The number of nitrogens with zero attached hydrogens (tertiary/aromatic N) is 1. The van der Waals surface area contributed by atoms with Crippen LogP contribution in [0.2, 0.25) is 0 Å². The third kappa shape index (κ3) is 2.78. The maximum atomic E-state index is 12.4. The first kappa shape index (κ1) is 14.8. The Labute approximate surface area is 126 Å². The van der Waals surface area contributed by atoms with Gasteiger partial charge in [0.1, 0.15) is 10.4 Å². The zero-order valence-electron chi connectivity index (χ0n) is 11.0. The van der Waals surface area contributed by atoms with Crippen LogP contribution in [0, 0.1) is 5.92 Å². The molecular formula is C13H14N2O3S2. The molecule has 1 aliphatic heterocycles. The van der Waals surface area contributed by atoms with Gasteiger partial charge >= 0.3 is 5.97 Å². The van der Waals surface area contributed by atoms with E-state index in [0.717, 1.165) is 17.5 Å². The number of H-pyrrole nitrogens is 1. The molecule has 0 spiro atoms. The average molecular weight is 310 g/mol. The maximum Gasteiger partial charge on any atom is 0.327 e. The number of hydrogen-bond acceptors (Lipinski definition) is 4. The number of carboxylic acid groups (broad SMARTS) is 1. The van der Waals surface area contributed by atoms with Gasteiger partial charge in [0, 0.05) is 11.9 Å². The molecule has 0 radical (unpaired) electrons. The van der Waals surface area contributed by atoms with E-state index in [9.17, 15) is 14.7 Å². The van der Waals surface area contributed by atoms with E-state index in [1.165, 1.54) is 4.90 Å². The van der Waals surface area contributed by atoms with E-state index in [4.69, 9.17) is 12.2 Å². The van der Waals surface area contributed by atoms with Crippen molar-refractivity contribution in [1.29, 1.82) is 0 Å². The number of nitrogens with one attached hydrogen (secondary N) is 1. The highest BCUT2D eigenvalue weighted by atomic mass is 32.2. The third-order valence-electron chi connectivity index (χ3n) is 2.89. The SMILES string of the molecule is CC(C)[C@H](C(=O)O)N1C(=O)/C(=C/c2ccc[nH]2)SC1=S. The zero-order chi connectivity index (χ0) is 14.9. The Kier molecular flexibility index (Phi) is 4.29. The van der Waals surface area contributed by atoms with Crippen LogP contribution in [0.1, 0.15) is 19.5 Å². The molecule has 2 rings (SSSR count). The maximum absolute atomic E-state index is 12.4. The van der Waals surface area contributed by atoms with Gasteiger partial charge in [-0.3, -0.25) is 9.69 Å². The molecule has 1 atom stereocenters. The van der Waals surface area contributed by atoms with Crippen LogP contribution in [0.5, 0.6) is 0 Å². The predicted molar refractivity (Wildman–Crippen MR) is 82.1 cm³/mol. The van der Waals surface area contributed by atoms with Crippen molar-refractivity contribution in [1.82, 2.24) is 9.88 Å². The molecule has 2 heterocycles. The number of aromatic nitrogens is 1. The van der Waals surface area contributed by atoms with Crippen LogP contribution in [0.25, 0.3) is 6.08 Å². The topological polar surface area (TPSA) is 73.4 Å². The minimum absolute atomic E-state index is 0.222. The van der Waals surface area contributed by atoms with Gasteiger partial charge in [0.25, 0.3) is 5.91 Å². The Morgan fingerprint density at radius 3 is 2.75 bits per heavy atom. The Hall–Kier alpha value is -1.60. The molecule has 106 valence electrons. The Bertz CT molecular complexity index is 578. The Morgan fingerprint density at radius 1 is 1.55 bits per heavy atom. The van der Waals surface area contributed by atoms with Crippen molar-refractivity contribution in [3.05, 3.63) is 28.9 Å². The van der Waals surface area contributed by atoms with Gasteiger partial charge in [-0.1, -0.05) is 37.8 Å². The lowest BCUT2D eigenvalue weighted by atomic mass is 10.0. The lowest BCUT2D eigenvalue weighted by Crippen LogP contribution is -2.47. The number of aliphatic carboxylic acids is 1. The summed E-state index contributed by atoms with van der Waals surface area (Å²) < 4.78 is 0.286. The van der Waals surface area contributed by atoms with Crippen LogP contribution in [-0.4, -0.2) is 37.2 Å². The molecule has 0 aliphatic carbocycles. The lowest BCUT2D eigenvalue weighted by molar-refractivity contribution is -0.146. The molecule has 0 aromatic carbocycles. The van der Waals surface area contributed by atoms with Gasteiger partial charge in [-0.05, 0) is 24.1 Å². The number of carboxylic acids is 1. The summed E-state index contributed by atoms with van der Waals surface area (Å²) >= 11 is 6.29. The predicted octanol–water partition coefficient (Wildman–Crippen LogP) is 2.33. The first-order valence-corrected chi connectivity index (χ1v) is 7.27. The van der Waals surface area contributed by atoms with Gasteiger partial charge in [-0.2, -0.15) is 0 Å². The fraction of sp³-hybridized carbons (Fsp3) is 0.308. The number of carbonyl (C=O) groups is 2. The number of hydrogen-bond donors (Lipinski definition) is 2. The van der Waals surface area contributed by atoms with Crippen molar-refractivity contribution in [2.45, 2.75) is 19.9 Å². The molecule has 1 saturated heterocycles. The highest BCUT2D eigenvalue weighted by Crippen LogP contribution is 2.35. The van der Waals surface area contributed by atoms with E-state index in [0.29, 0.717) is 4.91 Å². The number of amides is 1. The van der Waals surface area contributed by atoms with Gasteiger partial charge in [0.15, 0.2) is 0 Å². The van der Waals surface area contributed by atoms with Crippen molar-refractivity contribution in [2.24, 2.45) is 5.92 Å². The highest BCUT2D eigenvalue weighted by Gasteiger charge is 2.41. The van der Waals surface area contributed by atoms with E-state index in [-0.39, 0.29) is 16.1 Å². The molecule has 0 saturated carbocycles. The summed E-state index contributed by atoms with van der Waals surface area (Å²) in [6, 6.07) is 2.71. The van der Waals surface area contributed by atoms with Crippen molar-refractivity contribution < 1.29 is 14.7 Å². The first-order valence-electron chi connectivity index (χ1n) is 6.05. The van der Waals surface area contributed by atoms with Gasteiger partial charge in [-0.25, -0.2) is 4.79 Å². The molecular weight excluding hydrogens is 296 g/mol. The number of thiocarbonyl (C=S) groups is 1. The lowest BCUT2D eigenvalue weighted by Gasteiger charge is -2.26. The second kappa shape index (κ2) is 5.80. The van der Waals surface area contributed by atoms with Gasteiger partial charge < -0.3 is 10.1 Å². The van der Waals surface area contributed by atoms with Crippen molar-refractivity contribution in [3.63, 3.8) is 0 Å². The van der Waals surface area contributed by atoms with Gasteiger partial charge in [-0.15, -0.1) is 0 Å². The quantitative estimate of drug-likeness (QED) is 0.659. The van der Waals surface area contributed by atoms with Crippen LogP contribution >= 0.6 is 24.0 Å². The third-order valence-corrected chi connectivity index (χ3v) is 4.23. The van der Waals surface area contributed by atoms with Crippen LogP contribution in [0.3, 0.4) is 0 Å². The zero-order valence-corrected chi connectivity index (χ0v) is 12.6. The molecule has 7 heteroatoms. The highest BCUT2D eigenvalue weighted by molar-refractivity contribution is 8.26. The largest absolute Gasteiger partial charge is 0.480 e. The molecule has 1 amide bonds. The summed E-state index contributed by atoms with van der Waals surface area (Å²) in [5.74, 6) is -1.62. The molecule has 1 aliphatic rings. The molecule has 1 aromatic rings. The van der Waals surface area contributed by atoms with Crippen LogP contribution in [0.4, 0.5) is 0 Å². The number of carbonyl (C=O) groups excluding carboxylic acids is 1. The summed E-state index contributed by atoms with van der Waals surface area (Å²) in [5.41, 5.74) is 0.780. The molecule has 5 nitrogen and oxygen atoms in total. The molecule has 0 unspecified atom stereocenters. The molecule has 0 bridgehead atoms. The smallest absolute Gasteiger partial charge is 0.327 e. The fourth-order valence-electron chi connectivity index (χ4n) is 1.99. The summed E-state index contributed by atoms with van der Waals surface area (Å²) in [6.07, 6.45) is 3.43. The van der Waals surface area contributed by atoms with Crippen molar-refractivity contribution >= 4 is 46.3 Å². The summed E-state index contributed by atoms with van der Waals surface area (Å²) in [5, 5.41) is 9.29. The monoisotopic (exact) mass is 310 g/mol. The number of thioether (sulfide) groups is 1. The van der Waals surface area contributed by atoms with Gasteiger partial charge in [0.2, 0.25) is 0 Å². The summed E-state index contributed by atoms with van der Waals surface area (Å²) in [4.78, 5) is 28.3. The molecule has 1 aromatic heterocycles. The fourth-order valence-corrected chi connectivity index (χ4v) is 3.31. The van der Waals surface area contributed by atoms with E-state index in [1.54, 1.807) is 26.1 Å². The standard InChI is InChI=1S/C13H14N2O3S2/c1-7(2)10(12(17)18)15-11(16)9(20-13(15)19)6-8-4-3-5-14-8/h3-7,10,14H,1-2H3,(H,17,18)/b9-6-/t10-/m1/s1. The Morgan fingerprint density at radius 2 is 2.25 bits per heavy atom. The second-order valence-electron chi connectivity index (χ2n) is 4.70. The second-order valence-corrected chi connectivity index (χ2v) is 6.38. The summed E-state index contributed by atoms with van der Waals surface area (Å²) in [7, 11) is 0. The van der Waals surface area contributed by atoms with E-state index in [1.807, 2.05) is 12.1 Å². The molecule has 2 N–H and O–H groups in total. The van der Waals surface area contributed by atoms with Gasteiger partial charge in [0.05, 0.1) is 4.91 Å². The van der Waals surface area contributed by atoms with Crippen LogP contribution in [-0.2, 0) is 9.59 Å².